The second-order valence-electron chi connectivity index (χ2n) is 7.27. The first-order chi connectivity index (χ1) is 14.6. The number of nitrogens with one attached hydrogen (secondary N) is 2. The van der Waals surface area contributed by atoms with E-state index in [1.807, 2.05) is 0 Å². The number of hydrogen-bond acceptors (Lipinski definition) is 6. The zero-order chi connectivity index (χ0) is 22.6. The zero-order valence-electron chi connectivity index (χ0n) is 17.2. The number of amides is 1. The van der Waals surface area contributed by atoms with Crippen LogP contribution in [0.15, 0.2) is 53.4 Å². The van der Waals surface area contributed by atoms with E-state index in [9.17, 15) is 21.6 Å². The number of piperidine rings is 1. The van der Waals surface area contributed by atoms with Crippen LogP contribution < -0.4 is 14.8 Å². The molecular weight excluding hydrogens is 442 g/mol. The summed E-state index contributed by atoms with van der Waals surface area (Å²) in [5.41, 5.74) is 0.725. The lowest BCUT2D eigenvalue weighted by atomic mass is 9.97. The van der Waals surface area contributed by atoms with Gasteiger partial charge in [-0.1, -0.05) is 18.2 Å². The third-order valence-electron chi connectivity index (χ3n) is 4.97. The third-order valence-corrected chi connectivity index (χ3v) is 7.47. The molecule has 0 saturated carbocycles. The highest BCUT2D eigenvalue weighted by Crippen LogP contribution is 2.30. The Bertz CT molecular complexity index is 1140. The molecule has 2 N–H and O–H groups in total. The molecule has 168 valence electrons. The molecule has 3 rings (SSSR count). The Morgan fingerprint density at radius 1 is 1.03 bits per heavy atom. The van der Waals surface area contributed by atoms with Crippen LogP contribution in [0.1, 0.15) is 12.8 Å². The maximum atomic E-state index is 12.7. The van der Waals surface area contributed by atoms with Crippen molar-refractivity contribution in [1.29, 1.82) is 0 Å². The summed E-state index contributed by atoms with van der Waals surface area (Å²) in [6.07, 6.45) is 1.85. The smallest absolute Gasteiger partial charge is 0.243 e. The topological polar surface area (TPSA) is 122 Å². The van der Waals surface area contributed by atoms with Crippen molar-refractivity contribution in [2.45, 2.75) is 17.7 Å². The van der Waals surface area contributed by atoms with Gasteiger partial charge in [-0.15, -0.1) is 0 Å². The Balaban J connectivity index is 1.63. The minimum Gasteiger partial charge on any atom is -0.494 e. The number of benzene rings is 2. The minimum absolute atomic E-state index is 0.220. The summed E-state index contributed by atoms with van der Waals surface area (Å²) in [6, 6.07) is 12.8. The van der Waals surface area contributed by atoms with Gasteiger partial charge in [0.05, 0.1) is 23.9 Å². The molecule has 0 atom stereocenters. The lowest BCUT2D eigenvalue weighted by molar-refractivity contribution is -0.120. The van der Waals surface area contributed by atoms with E-state index in [0.717, 1.165) is 6.26 Å². The van der Waals surface area contributed by atoms with Gasteiger partial charge in [-0.2, -0.15) is 4.31 Å². The van der Waals surface area contributed by atoms with E-state index in [1.165, 1.54) is 23.5 Å². The summed E-state index contributed by atoms with van der Waals surface area (Å²) in [7, 11) is -5.64. The Hall–Kier alpha value is -2.63. The number of nitrogens with zero attached hydrogens (tertiary/aromatic N) is 1. The van der Waals surface area contributed by atoms with Crippen LogP contribution in [0.5, 0.6) is 5.75 Å². The number of ether oxygens (including phenoxy) is 1. The van der Waals surface area contributed by atoms with Crippen LogP contribution in [0.4, 0.5) is 11.4 Å². The van der Waals surface area contributed by atoms with E-state index in [-0.39, 0.29) is 41.2 Å². The van der Waals surface area contributed by atoms with Gasteiger partial charge in [0.25, 0.3) is 0 Å². The quantitative estimate of drug-likeness (QED) is 0.643. The summed E-state index contributed by atoms with van der Waals surface area (Å²) in [6.45, 7) is 0.520. The summed E-state index contributed by atoms with van der Waals surface area (Å²) in [4.78, 5) is 12.9. The number of rotatable bonds is 7. The number of hydrogen-bond donors (Lipinski definition) is 2. The SMILES string of the molecule is COc1cc(NC(=O)C2CCN(S(=O)(=O)c3ccccc3)CC2)ccc1NS(C)(=O)=O. The molecule has 1 aliphatic heterocycles. The molecule has 11 heteroatoms. The maximum Gasteiger partial charge on any atom is 0.243 e. The molecule has 2 aromatic carbocycles. The van der Waals surface area contributed by atoms with Crippen molar-refractivity contribution in [2.24, 2.45) is 5.92 Å². The van der Waals surface area contributed by atoms with Crippen LogP contribution in [0, 0.1) is 5.92 Å². The van der Waals surface area contributed by atoms with Gasteiger partial charge in [0.2, 0.25) is 26.0 Å². The highest BCUT2D eigenvalue weighted by molar-refractivity contribution is 7.92. The van der Waals surface area contributed by atoms with Gasteiger partial charge in [0.15, 0.2) is 0 Å². The van der Waals surface area contributed by atoms with Gasteiger partial charge in [-0.05, 0) is 37.1 Å². The molecule has 0 aliphatic carbocycles. The monoisotopic (exact) mass is 467 g/mol. The van der Waals surface area contributed by atoms with E-state index >= 15 is 0 Å². The van der Waals surface area contributed by atoms with E-state index in [4.69, 9.17) is 4.74 Å². The van der Waals surface area contributed by atoms with E-state index in [1.54, 1.807) is 36.4 Å². The van der Waals surface area contributed by atoms with E-state index in [0.29, 0.717) is 18.5 Å². The molecular formula is C20H25N3O6S2. The van der Waals surface area contributed by atoms with Gasteiger partial charge < -0.3 is 10.1 Å². The average molecular weight is 468 g/mol. The first-order valence-electron chi connectivity index (χ1n) is 9.62. The fourth-order valence-corrected chi connectivity index (χ4v) is 5.46. The van der Waals surface area contributed by atoms with Crippen molar-refractivity contribution >= 4 is 37.3 Å². The van der Waals surface area contributed by atoms with Crippen molar-refractivity contribution in [2.75, 3.05) is 36.5 Å². The fraction of sp³-hybridized carbons (Fsp3) is 0.350. The normalized spacial score (nSPS) is 15.9. The second kappa shape index (κ2) is 9.25. The first-order valence-corrected chi connectivity index (χ1v) is 13.0. The zero-order valence-corrected chi connectivity index (χ0v) is 18.9. The maximum absolute atomic E-state index is 12.7. The van der Waals surface area contributed by atoms with Gasteiger partial charge >= 0.3 is 0 Å². The Labute approximate surface area is 182 Å². The van der Waals surface area contributed by atoms with Crippen LogP contribution in [-0.2, 0) is 24.8 Å². The molecule has 31 heavy (non-hydrogen) atoms. The predicted octanol–water partition coefficient (Wildman–Crippen LogP) is 2.11. The van der Waals surface area contributed by atoms with Crippen LogP contribution in [0.25, 0.3) is 0 Å². The van der Waals surface area contributed by atoms with Crippen molar-refractivity contribution in [1.82, 2.24) is 4.31 Å². The number of anilines is 2. The highest BCUT2D eigenvalue weighted by atomic mass is 32.2. The van der Waals surface area contributed by atoms with Crippen molar-refractivity contribution in [3.8, 4) is 5.75 Å². The molecule has 0 unspecified atom stereocenters. The molecule has 0 bridgehead atoms. The van der Waals surface area contributed by atoms with Crippen molar-refractivity contribution < 1.29 is 26.4 Å². The molecule has 0 spiro atoms. The first kappa shape index (κ1) is 23.0. The summed E-state index contributed by atoms with van der Waals surface area (Å²) in [5.74, 6) is -0.281. The lowest BCUT2D eigenvalue weighted by Gasteiger charge is -2.30. The number of methoxy groups -OCH3 is 1. The fourth-order valence-electron chi connectivity index (χ4n) is 3.40. The van der Waals surface area contributed by atoms with Gasteiger partial charge in [-0.25, -0.2) is 16.8 Å². The van der Waals surface area contributed by atoms with Gasteiger partial charge in [0.1, 0.15) is 5.75 Å². The van der Waals surface area contributed by atoms with Gasteiger partial charge in [0, 0.05) is 30.8 Å². The summed E-state index contributed by atoms with van der Waals surface area (Å²) >= 11 is 0. The second-order valence-corrected chi connectivity index (χ2v) is 11.0. The highest BCUT2D eigenvalue weighted by Gasteiger charge is 2.32. The molecule has 1 saturated heterocycles. The largest absolute Gasteiger partial charge is 0.494 e. The van der Waals surface area contributed by atoms with Crippen molar-refractivity contribution in [3.63, 3.8) is 0 Å². The third kappa shape index (κ3) is 5.75. The number of sulfonamides is 2. The molecule has 1 fully saturated rings. The molecule has 1 amide bonds. The average Bonchev–Trinajstić information content (AvgIpc) is 2.74. The summed E-state index contributed by atoms with van der Waals surface area (Å²) < 4.78 is 57.3. The van der Waals surface area contributed by atoms with Crippen LogP contribution in [0.2, 0.25) is 0 Å². The van der Waals surface area contributed by atoms with E-state index < -0.39 is 20.0 Å². The minimum atomic E-state index is -3.57. The number of carbonyl (C=O) groups is 1. The molecule has 1 heterocycles. The Morgan fingerprint density at radius 2 is 1.68 bits per heavy atom. The van der Waals surface area contributed by atoms with Crippen LogP contribution in [-0.4, -0.2) is 53.5 Å². The predicted molar refractivity (Wildman–Crippen MR) is 118 cm³/mol. The Kier molecular flexibility index (Phi) is 6.87. The molecule has 9 nitrogen and oxygen atoms in total. The van der Waals surface area contributed by atoms with Crippen molar-refractivity contribution in [3.05, 3.63) is 48.5 Å². The molecule has 2 aromatic rings. The summed E-state index contributed by atoms with van der Waals surface area (Å²) in [5, 5.41) is 2.80. The number of carbonyl (C=O) groups excluding carboxylic acids is 1. The molecule has 1 aliphatic rings. The molecule has 0 radical (unpaired) electrons. The van der Waals surface area contributed by atoms with E-state index in [2.05, 4.69) is 10.0 Å². The molecule has 0 aromatic heterocycles. The van der Waals surface area contributed by atoms with Crippen LogP contribution >= 0.6 is 0 Å². The standard InChI is InChI=1S/C20H25N3O6S2/c1-29-19-14-16(8-9-18(19)22-30(2,25)26)21-20(24)15-10-12-23(13-11-15)31(27,28)17-6-4-3-5-7-17/h3-9,14-15,22H,10-13H2,1-2H3,(H,21,24). The van der Waals surface area contributed by atoms with Gasteiger partial charge in [-0.3, -0.25) is 9.52 Å². The lowest BCUT2D eigenvalue weighted by Crippen LogP contribution is -2.41. The van der Waals surface area contributed by atoms with Crippen LogP contribution in [0.3, 0.4) is 0 Å². The Morgan fingerprint density at radius 3 is 2.26 bits per heavy atom.